The summed E-state index contributed by atoms with van der Waals surface area (Å²) >= 11 is 0. The molecule has 1 aromatic heterocycles. The third-order valence-electron chi connectivity index (χ3n) is 5.07. The molecule has 1 aliphatic rings. The van der Waals surface area contributed by atoms with E-state index >= 15 is 0 Å². The molecule has 10 nitrogen and oxygen atoms in total. The number of ether oxygens (including phenoxy) is 1. The Bertz CT molecular complexity index is 1160. The lowest BCUT2D eigenvalue weighted by atomic mass is 10.1. The van der Waals surface area contributed by atoms with E-state index in [0.717, 1.165) is 5.56 Å². The number of hydrogen-bond donors (Lipinski definition) is 3. The molecule has 164 valence electrons. The Hall–Kier alpha value is -4.18. The zero-order valence-corrected chi connectivity index (χ0v) is 17.2. The predicted molar refractivity (Wildman–Crippen MR) is 114 cm³/mol. The Morgan fingerprint density at radius 1 is 1.16 bits per heavy atom. The Kier molecular flexibility index (Phi) is 5.86. The highest BCUT2D eigenvalue weighted by molar-refractivity contribution is 6.04. The molecule has 0 unspecified atom stereocenters. The van der Waals surface area contributed by atoms with Crippen LogP contribution in [0.5, 0.6) is 5.75 Å². The smallest absolute Gasteiger partial charge is 0.274 e. The van der Waals surface area contributed by atoms with Gasteiger partial charge < -0.3 is 19.5 Å². The van der Waals surface area contributed by atoms with Crippen LogP contribution in [0, 0.1) is 0 Å². The highest BCUT2D eigenvalue weighted by Crippen LogP contribution is 2.31. The minimum atomic E-state index is -0.957. The quantitative estimate of drug-likeness (QED) is 0.309. The Morgan fingerprint density at radius 2 is 1.94 bits per heavy atom. The first-order chi connectivity index (χ1) is 15.5. The first-order valence-corrected chi connectivity index (χ1v) is 9.82. The maximum atomic E-state index is 12.9. The highest BCUT2D eigenvalue weighted by atomic mass is 16.5. The molecule has 0 radical (unpaired) electrons. The Labute approximate surface area is 183 Å². The summed E-state index contributed by atoms with van der Waals surface area (Å²) in [5.41, 5.74) is 3.78. The van der Waals surface area contributed by atoms with Gasteiger partial charge in [-0.15, -0.1) is 0 Å². The normalized spacial score (nSPS) is 15.4. The molecule has 3 aromatic rings. The minimum Gasteiger partial charge on any atom is -0.489 e. The summed E-state index contributed by atoms with van der Waals surface area (Å²) in [5.74, 6) is 4.64. The van der Waals surface area contributed by atoms with Gasteiger partial charge in [0.05, 0.1) is 5.69 Å². The molecule has 0 fully saturated rings. The second kappa shape index (κ2) is 8.90. The van der Waals surface area contributed by atoms with Crippen LogP contribution in [-0.4, -0.2) is 42.6 Å². The monoisotopic (exact) mass is 435 g/mol. The molecule has 2 heterocycles. The molecular formula is C22H21N5O5. The molecule has 2 aromatic carbocycles. The molecule has 0 spiro atoms. The summed E-state index contributed by atoms with van der Waals surface area (Å²) in [7, 11) is 1.53. The fraction of sp³-hybridized carbons (Fsp3) is 0.182. The van der Waals surface area contributed by atoms with Crippen molar-refractivity contribution in [3.05, 3.63) is 77.2 Å². The molecule has 4 N–H and O–H groups in total. The third-order valence-corrected chi connectivity index (χ3v) is 5.07. The van der Waals surface area contributed by atoms with Crippen molar-refractivity contribution in [2.24, 2.45) is 5.84 Å². The Morgan fingerprint density at radius 3 is 2.69 bits per heavy atom. The van der Waals surface area contributed by atoms with E-state index in [1.807, 2.05) is 35.8 Å². The van der Waals surface area contributed by atoms with Crippen LogP contribution in [0.25, 0.3) is 0 Å². The van der Waals surface area contributed by atoms with Crippen molar-refractivity contribution >= 4 is 23.4 Å². The number of rotatable bonds is 5. The van der Waals surface area contributed by atoms with Crippen LogP contribution in [0.15, 0.2) is 59.1 Å². The maximum absolute atomic E-state index is 12.9. The van der Waals surface area contributed by atoms with Gasteiger partial charge in [0.2, 0.25) is 0 Å². The summed E-state index contributed by atoms with van der Waals surface area (Å²) in [4.78, 5) is 38.7. The van der Waals surface area contributed by atoms with Crippen molar-refractivity contribution in [1.82, 2.24) is 15.9 Å². The van der Waals surface area contributed by atoms with E-state index in [-0.39, 0.29) is 17.9 Å². The number of hydrogen-bond acceptors (Lipinski definition) is 7. The van der Waals surface area contributed by atoms with Crippen molar-refractivity contribution in [3.8, 4) is 5.75 Å². The van der Waals surface area contributed by atoms with Gasteiger partial charge in [-0.25, -0.2) is 5.84 Å². The number of nitrogen functional groups attached to an aromatic ring is 1. The summed E-state index contributed by atoms with van der Waals surface area (Å²) in [6, 6.07) is 14.8. The highest BCUT2D eigenvalue weighted by Gasteiger charge is 2.32. The topological polar surface area (TPSA) is 140 Å². The zero-order valence-electron chi connectivity index (χ0n) is 17.2. The Balaban J connectivity index is 1.46. The molecule has 0 saturated heterocycles. The number of benzene rings is 2. The van der Waals surface area contributed by atoms with E-state index in [1.54, 1.807) is 12.1 Å². The summed E-state index contributed by atoms with van der Waals surface area (Å²) in [6.07, 6.45) is 0.489. The van der Waals surface area contributed by atoms with Crippen LogP contribution in [0.1, 0.15) is 32.2 Å². The zero-order chi connectivity index (χ0) is 22.7. The molecule has 1 aliphatic heterocycles. The van der Waals surface area contributed by atoms with E-state index in [4.69, 9.17) is 15.1 Å². The van der Waals surface area contributed by atoms with Crippen LogP contribution in [-0.2, 0) is 11.2 Å². The molecule has 0 aliphatic carbocycles. The fourth-order valence-electron chi connectivity index (χ4n) is 3.36. The molecule has 0 saturated carbocycles. The van der Waals surface area contributed by atoms with Crippen LogP contribution < -0.4 is 26.2 Å². The van der Waals surface area contributed by atoms with Gasteiger partial charge in [-0.1, -0.05) is 35.5 Å². The number of amides is 3. The number of nitrogens with two attached hydrogens (primary N) is 1. The largest absolute Gasteiger partial charge is 0.489 e. The number of carbonyl (C=O) groups excluding carboxylic acids is 3. The van der Waals surface area contributed by atoms with E-state index in [0.29, 0.717) is 23.6 Å². The van der Waals surface area contributed by atoms with Crippen LogP contribution in [0.4, 0.5) is 5.69 Å². The summed E-state index contributed by atoms with van der Waals surface area (Å²) in [5, 5.41) is 6.46. The molecule has 32 heavy (non-hydrogen) atoms. The number of nitrogens with zero attached hydrogens (tertiary/aromatic N) is 2. The number of anilines is 1. The SMILES string of the molecule is CN1C(=O)[C@@H](NC(=O)c2cc(Cc3ccccc3)on2)COc2ccc(C(=O)NN)cc21. The maximum Gasteiger partial charge on any atom is 0.274 e. The van der Waals surface area contributed by atoms with E-state index in [9.17, 15) is 14.4 Å². The second-order valence-electron chi connectivity index (χ2n) is 7.23. The predicted octanol–water partition coefficient (Wildman–Crippen LogP) is 1.02. The van der Waals surface area contributed by atoms with Crippen molar-refractivity contribution < 1.29 is 23.6 Å². The van der Waals surface area contributed by atoms with Crippen LogP contribution >= 0.6 is 0 Å². The van der Waals surface area contributed by atoms with Gasteiger partial charge >= 0.3 is 0 Å². The minimum absolute atomic E-state index is 0.0649. The lowest BCUT2D eigenvalue weighted by Crippen LogP contribution is -2.49. The number of carbonyl (C=O) groups is 3. The fourth-order valence-corrected chi connectivity index (χ4v) is 3.36. The van der Waals surface area contributed by atoms with Gasteiger partial charge in [0.25, 0.3) is 17.7 Å². The standard InChI is InChI=1S/C22H21N5O5/c1-27-18-10-14(20(28)25-23)7-8-19(18)31-12-17(22(27)30)24-21(29)16-11-15(32-26-16)9-13-5-3-2-4-6-13/h2-8,10-11,17H,9,12,23H2,1H3,(H,24,29)(H,25,28)/t17-/m0/s1. The van der Waals surface area contributed by atoms with Crippen molar-refractivity contribution in [2.75, 3.05) is 18.6 Å². The van der Waals surface area contributed by atoms with E-state index < -0.39 is 23.8 Å². The lowest BCUT2D eigenvalue weighted by Gasteiger charge is -2.20. The third kappa shape index (κ3) is 4.30. The number of fused-ring (bicyclic) bond motifs is 1. The number of nitrogens with one attached hydrogen (secondary N) is 2. The number of aromatic nitrogens is 1. The molecular weight excluding hydrogens is 414 g/mol. The first-order valence-electron chi connectivity index (χ1n) is 9.82. The summed E-state index contributed by atoms with van der Waals surface area (Å²) < 4.78 is 11.0. The first kappa shape index (κ1) is 21.1. The van der Waals surface area contributed by atoms with Crippen molar-refractivity contribution in [3.63, 3.8) is 0 Å². The van der Waals surface area contributed by atoms with Crippen molar-refractivity contribution in [2.45, 2.75) is 12.5 Å². The van der Waals surface area contributed by atoms with Crippen LogP contribution in [0.2, 0.25) is 0 Å². The van der Waals surface area contributed by atoms with E-state index in [1.165, 1.54) is 24.1 Å². The van der Waals surface area contributed by atoms with E-state index in [2.05, 4.69) is 10.5 Å². The van der Waals surface area contributed by atoms with Crippen molar-refractivity contribution in [1.29, 1.82) is 0 Å². The number of likely N-dealkylation sites (N-methyl/N-ethyl adjacent to an activating group) is 1. The second-order valence-corrected chi connectivity index (χ2v) is 7.23. The molecule has 4 rings (SSSR count). The van der Waals surface area contributed by atoms with Gasteiger partial charge in [0, 0.05) is 25.1 Å². The number of hydrazine groups is 1. The lowest BCUT2D eigenvalue weighted by molar-refractivity contribution is -0.120. The van der Waals surface area contributed by atoms with Gasteiger partial charge in [-0.2, -0.15) is 0 Å². The average molecular weight is 435 g/mol. The molecule has 10 heteroatoms. The summed E-state index contributed by atoms with van der Waals surface area (Å²) in [6.45, 7) is -0.0843. The molecule has 3 amide bonds. The van der Waals surface area contributed by atoms with Gasteiger partial charge in [-0.3, -0.25) is 19.8 Å². The molecule has 0 bridgehead atoms. The van der Waals surface area contributed by atoms with Gasteiger partial charge in [0.15, 0.2) is 5.69 Å². The van der Waals surface area contributed by atoms with Gasteiger partial charge in [0.1, 0.15) is 24.2 Å². The average Bonchev–Trinajstić information content (AvgIpc) is 3.25. The van der Waals surface area contributed by atoms with Crippen LogP contribution in [0.3, 0.4) is 0 Å². The molecule has 1 atom stereocenters. The van der Waals surface area contributed by atoms with Gasteiger partial charge in [-0.05, 0) is 23.8 Å².